The average Bonchev–Trinajstić information content (AvgIpc) is 2.47. The fourth-order valence-corrected chi connectivity index (χ4v) is 1.64. The predicted octanol–water partition coefficient (Wildman–Crippen LogP) is 2.74. The fourth-order valence-electron chi connectivity index (χ4n) is 1.08. The molecular formula is C7H3BrF3N3. The van der Waals surface area contributed by atoms with Crippen molar-refractivity contribution in [2.45, 2.75) is 6.18 Å². The van der Waals surface area contributed by atoms with Gasteiger partial charge in [-0.05, 0) is 12.1 Å². The van der Waals surface area contributed by atoms with Crippen LogP contribution in [0.1, 0.15) is 5.56 Å². The van der Waals surface area contributed by atoms with E-state index in [1.807, 2.05) is 0 Å². The monoisotopic (exact) mass is 265 g/mol. The minimum Gasteiger partial charge on any atom is -0.197 e. The van der Waals surface area contributed by atoms with Gasteiger partial charge in [-0.1, -0.05) is 15.9 Å². The fraction of sp³-hybridized carbons (Fsp3) is 0.143. The molecule has 7 heteroatoms. The molecule has 0 aliphatic heterocycles. The standard InChI is InChI=1S/C7H3BrF3N3/c8-4-2-6-5(12-14-13-6)1-3(4)7(9,10)11/h1-2H,(H,12,13,14). The molecule has 1 aromatic heterocycles. The van der Waals surface area contributed by atoms with E-state index in [0.717, 1.165) is 6.07 Å². The Balaban J connectivity index is 2.71. The molecule has 2 rings (SSSR count). The molecule has 14 heavy (non-hydrogen) atoms. The topological polar surface area (TPSA) is 41.6 Å². The molecule has 0 saturated heterocycles. The zero-order valence-electron chi connectivity index (χ0n) is 6.56. The number of nitrogens with zero attached hydrogens (tertiary/aromatic N) is 2. The zero-order valence-corrected chi connectivity index (χ0v) is 8.15. The number of fused-ring (bicyclic) bond motifs is 1. The zero-order chi connectivity index (χ0) is 10.3. The molecule has 0 atom stereocenters. The Hall–Kier alpha value is -1.11. The van der Waals surface area contributed by atoms with E-state index in [2.05, 4.69) is 31.3 Å². The summed E-state index contributed by atoms with van der Waals surface area (Å²) < 4.78 is 37.1. The highest BCUT2D eigenvalue weighted by molar-refractivity contribution is 9.10. The van der Waals surface area contributed by atoms with E-state index in [9.17, 15) is 13.2 Å². The van der Waals surface area contributed by atoms with Crippen molar-refractivity contribution in [1.82, 2.24) is 15.4 Å². The minimum atomic E-state index is -4.38. The maximum absolute atomic E-state index is 12.4. The van der Waals surface area contributed by atoms with Gasteiger partial charge in [0.1, 0.15) is 11.0 Å². The van der Waals surface area contributed by atoms with Gasteiger partial charge in [0.05, 0.1) is 5.56 Å². The molecule has 0 aliphatic rings. The van der Waals surface area contributed by atoms with E-state index in [-0.39, 0.29) is 9.99 Å². The smallest absolute Gasteiger partial charge is 0.197 e. The number of H-pyrrole nitrogens is 1. The number of hydrogen-bond acceptors (Lipinski definition) is 2. The lowest BCUT2D eigenvalue weighted by Crippen LogP contribution is -2.05. The van der Waals surface area contributed by atoms with Gasteiger partial charge < -0.3 is 0 Å². The minimum absolute atomic E-state index is 0.0357. The first-order valence-corrected chi connectivity index (χ1v) is 4.35. The SMILES string of the molecule is FC(F)(F)c1cc2n[nH]nc2cc1Br. The third-order valence-corrected chi connectivity index (χ3v) is 2.37. The quantitative estimate of drug-likeness (QED) is 0.796. The van der Waals surface area contributed by atoms with E-state index in [1.165, 1.54) is 6.07 Å². The van der Waals surface area contributed by atoms with Crippen molar-refractivity contribution in [3.8, 4) is 0 Å². The molecule has 0 spiro atoms. The summed E-state index contributed by atoms with van der Waals surface area (Å²) in [6, 6.07) is 2.23. The van der Waals surface area contributed by atoms with Crippen molar-refractivity contribution in [3.05, 3.63) is 22.2 Å². The molecule has 2 aromatic rings. The molecule has 1 heterocycles. The summed E-state index contributed by atoms with van der Waals surface area (Å²) in [5, 5.41) is 9.50. The van der Waals surface area contributed by atoms with Crippen LogP contribution < -0.4 is 0 Å². The highest BCUT2D eigenvalue weighted by Crippen LogP contribution is 2.36. The number of aromatic amines is 1. The van der Waals surface area contributed by atoms with Gasteiger partial charge in [-0.2, -0.15) is 28.6 Å². The van der Waals surface area contributed by atoms with Crippen LogP contribution in [0.2, 0.25) is 0 Å². The molecule has 0 saturated carbocycles. The second-order valence-electron chi connectivity index (χ2n) is 2.64. The largest absolute Gasteiger partial charge is 0.417 e. The van der Waals surface area contributed by atoms with Crippen molar-refractivity contribution in [2.75, 3.05) is 0 Å². The Morgan fingerprint density at radius 1 is 1.14 bits per heavy atom. The Kier molecular flexibility index (Phi) is 1.99. The summed E-state index contributed by atoms with van der Waals surface area (Å²) in [6.07, 6.45) is -4.38. The van der Waals surface area contributed by atoms with E-state index >= 15 is 0 Å². The molecular weight excluding hydrogens is 263 g/mol. The Morgan fingerprint density at radius 3 is 2.29 bits per heavy atom. The van der Waals surface area contributed by atoms with Crippen molar-refractivity contribution < 1.29 is 13.2 Å². The lowest BCUT2D eigenvalue weighted by Gasteiger charge is -2.07. The van der Waals surface area contributed by atoms with Crippen molar-refractivity contribution in [2.24, 2.45) is 0 Å². The van der Waals surface area contributed by atoms with Crippen molar-refractivity contribution >= 4 is 27.0 Å². The van der Waals surface area contributed by atoms with Crippen LogP contribution in [-0.2, 0) is 6.18 Å². The average molecular weight is 266 g/mol. The van der Waals surface area contributed by atoms with Gasteiger partial charge in [-0.25, -0.2) is 0 Å². The third-order valence-electron chi connectivity index (χ3n) is 1.71. The van der Waals surface area contributed by atoms with Gasteiger partial charge in [0.25, 0.3) is 0 Å². The second kappa shape index (κ2) is 2.94. The summed E-state index contributed by atoms with van der Waals surface area (Å²) in [6.45, 7) is 0. The normalized spacial score (nSPS) is 12.3. The number of halogens is 4. The Bertz CT molecular complexity index is 476. The molecule has 1 aromatic carbocycles. The summed E-state index contributed by atoms with van der Waals surface area (Å²) in [7, 11) is 0. The maximum atomic E-state index is 12.4. The first kappa shape index (κ1) is 9.45. The lowest BCUT2D eigenvalue weighted by atomic mass is 10.2. The van der Waals surface area contributed by atoms with Crippen LogP contribution in [0, 0.1) is 0 Å². The van der Waals surface area contributed by atoms with Crippen LogP contribution in [0.5, 0.6) is 0 Å². The third kappa shape index (κ3) is 1.47. The number of nitrogens with one attached hydrogen (secondary N) is 1. The molecule has 0 aliphatic carbocycles. The summed E-state index contributed by atoms with van der Waals surface area (Å²) in [4.78, 5) is 0. The number of benzene rings is 1. The Morgan fingerprint density at radius 2 is 1.71 bits per heavy atom. The first-order valence-electron chi connectivity index (χ1n) is 3.56. The molecule has 1 N–H and O–H groups in total. The second-order valence-corrected chi connectivity index (χ2v) is 3.50. The number of hydrogen-bond donors (Lipinski definition) is 1. The summed E-state index contributed by atoms with van der Waals surface area (Å²) in [5.74, 6) is 0. The summed E-state index contributed by atoms with van der Waals surface area (Å²) in [5.41, 5.74) is -0.163. The van der Waals surface area contributed by atoms with E-state index in [0.29, 0.717) is 5.52 Å². The van der Waals surface area contributed by atoms with E-state index in [1.54, 1.807) is 0 Å². The van der Waals surface area contributed by atoms with Crippen LogP contribution in [0.4, 0.5) is 13.2 Å². The van der Waals surface area contributed by atoms with Gasteiger partial charge >= 0.3 is 6.18 Å². The molecule has 74 valence electrons. The van der Waals surface area contributed by atoms with Crippen LogP contribution in [0.15, 0.2) is 16.6 Å². The van der Waals surface area contributed by atoms with Gasteiger partial charge in [0.2, 0.25) is 0 Å². The van der Waals surface area contributed by atoms with Crippen molar-refractivity contribution in [1.29, 1.82) is 0 Å². The summed E-state index contributed by atoms with van der Waals surface area (Å²) >= 11 is 2.84. The van der Waals surface area contributed by atoms with Gasteiger partial charge in [-0.3, -0.25) is 0 Å². The molecule has 0 fully saturated rings. The molecule has 3 nitrogen and oxygen atoms in total. The highest BCUT2D eigenvalue weighted by atomic mass is 79.9. The predicted molar refractivity (Wildman–Crippen MR) is 46.6 cm³/mol. The van der Waals surface area contributed by atoms with Gasteiger partial charge in [-0.15, -0.1) is 0 Å². The van der Waals surface area contributed by atoms with Crippen LogP contribution in [-0.4, -0.2) is 15.4 Å². The van der Waals surface area contributed by atoms with E-state index in [4.69, 9.17) is 0 Å². The number of aromatic nitrogens is 3. The van der Waals surface area contributed by atoms with Crippen LogP contribution in [0.25, 0.3) is 11.0 Å². The number of alkyl halides is 3. The lowest BCUT2D eigenvalue weighted by molar-refractivity contribution is -0.138. The van der Waals surface area contributed by atoms with Gasteiger partial charge in [0, 0.05) is 4.47 Å². The first-order chi connectivity index (χ1) is 6.48. The molecule has 0 bridgehead atoms. The molecule has 0 amide bonds. The maximum Gasteiger partial charge on any atom is 0.417 e. The highest BCUT2D eigenvalue weighted by Gasteiger charge is 2.33. The molecule has 0 unspecified atom stereocenters. The van der Waals surface area contributed by atoms with Crippen LogP contribution in [0.3, 0.4) is 0 Å². The van der Waals surface area contributed by atoms with E-state index < -0.39 is 11.7 Å². The van der Waals surface area contributed by atoms with Crippen molar-refractivity contribution in [3.63, 3.8) is 0 Å². The Labute approximate surface area is 84.4 Å². The van der Waals surface area contributed by atoms with Gasteiger partial charge in [0.15, 0.2) is 0 Å². The van der Waals surface area contributed by atoms with Crippen LogP contribution >= 0.6 is 15.9 Å². The molecule has 0 radical (unpaired) electrons. The number of rotatable bonds is 0.